The summed E-state index contributed by atoms with van der Waals surface area (Å²) in [5.41, 5.74) is 0.497. The van der Waals surface area contributed by atoms with E-state index in [9.17, 15) is 8.42 Å². The third-order valence-corrected chi connectivity index (χ3v) is 6.81. The van der Waals surface area contributed by atoms with Gasteiger partial charge >= 0.3 is 0 Å². The average molecular weight is 318 g/mol. The van der Waals surface area contributed by atoms with E-state index in [4.69, 9.17) is 0 Å². The van der Waals surface area contributed by atoms with Gasteiger partial charge in [-0.05, 0) is 62.8 Å². The van der Waals surface area contributed by atoms with Crippen LogP contribution in [0.2, 0.25) is 0 Å². The van der Waals surface area contributed by atoms with Gasteiger partial charge in [-0.2, -0.15) is 0 Å². The molecule has 4 heteroatoms. The molecule has 0 radical (unpaired) electrons. The van der Waals surface area contributed by atoms with Crippen molar-refractivity contribution in [1.29, 1.82) is 0 Å². The summed E-state index contributed by atoms with van der Waals surface area (Å²) in [6.07, 6.45) is 8.12. The van der Waals surface area contributed by atoms with Gasteiger partial charge in [0.15, 0.2) is 0 Å². The van der Waals surface area contributed by atoms with Crippen molar-refractivity contribution < 1.29 is 8.42 Å². The summed E-state index contributed by atoms with van der Waals surface area (Å²) in [5, 5.41) is 3.68. The fourth-order valence-electron chi connectivity index (χ4n) is 3.33. The lowest BCUT2D eigenvalue weighted by atomic mass is 9.70. The first-order valence-electron chi connectivity index (χ1n) is 8.73. The molecule has 0 aromatic carbocycles. The van der Waals surface area contributed by atoms with Crippen LogP contribution >= 0.6 is 0 Å². The second-order valence-electron chi connectivity index (χ2n) is 7.44. The predicted octanol–water partition coefficient (Wildman–Crippen LogP) is 3.79. The highest BCUT2D eigenvalue weighted by Crippen LogP contribution is 2.39. The highest BCUT2D eigenvalue weighted by molar-refractivity contribution is 7.91. The van der Waals surface area contributed by atoms with Crippen LogP contribution in [0.5, 0.6) is 0 Å². The number of hydrogen-bond acceptors (Lipinski definition) is 3. The maximum absolute atomic E-state index is 11.6. The topological polar surface area (TPSA) is 46.2 Å². The van der Waals surface area contributed by atoms with Gasteiger partial charge in [0, 0.05) is 11.8 Å². The molecule has 1 unspecified atom stereocenters. The zero-order chi connectivity index (χ0) is 15.9. The molecule has 1 aliphatic carbocycles. The first kappa shape index (κ1) is 19.0. The van der Waals surface area contributed by atoms with E-state index >= 15 is 0 Å². The van der Waals surface area contributed by atoms with Gasteiger partial charge < -0.3 is 5.32 Å². The first-order valence-corrected chi connectivity index (χ1v) is 10.6. The minimum atomic E-state index is -2.81. The first-order chi connectivity index (χ1) is 9.79. The molecule has 21 heavy (non-hydrogen) atoms. The maximum Gasteiger partial charge on any atom is 0.150 e. The number of rotatable bonds is 9. The molecule has 1 aliphatic rings. The molecule has 0 aliphatic heterocycles. The molecular formula is C17H35NO2S. The van der Waals surface area contributed by atoms with Crippen LogP contribution in [0.4, 0.5) is 0 Å². The molecule has 3 nitrogen and oxygen atoms in total. The highest BCUT2D eigenvalue weighted by Gasteiger charge is 2.31. The molecule has 0 spiro atoms. The molecule has 0 heterocycles. The van der Waals surface area contributed by atoms with Crippen molar-refractivity contribution in [3.05, 3.63) is 0 Å². The molecule has 0 saturated heterocycles. The van der Waals surface area contributed by atoms with Gasteiger partial charge in [0.05, 0.1) is 5.75 Å². The summed E-state index contributed by atoms with van der Waals surface area (Å²) in [4.78, 5) is 0. The Morgan fingerprint density at radius 3 is 2.33 bits per heavy atom. The number of nitrogens with one attached hydrogen (secondary N) is 1. The van der Waals surface area contributed by atoms with Crippen molar-refractivity contribution in [2.45, 2.75) is 78.7 Å². The summed E-state index contributed by atoms with van der Waals surface area (Å²) in [6.45, 7) is 9.71. The van der Waals surface area contributed by atoms with Crippen LogP contribution < -0.4 is 5.32 Å². The molecular weight excluding hydrogens is 282 g/mol. The molecule has 1 N–H and O–H groups in total. The highest BCUT2D eigenvalue weighted by atomic mass is 32.2. The standard InChI is InChI=1S/C17H35NO2S/c1-5-13-18-16(8-7-14-21(19,20)6-2)15-9-11-17(3,4)12-10-15/h15-16,18H,5-14H2,1-4H3. The lowest BCUT2D eigenvalue weighted by Crippen LogP contribution is -2.40. The Kier molecular flexibility index (Phi) is 7.69. The third kappa shape index (κ3) is 7.14. The molecule has 126 valence electrons. The summed E-state index contributed by atoms with van der Waals surface area (Å²) < 4.78 is 23.3. The van der Waals surface area contributed by atoms with Gasteiger partial charge in [0.1, 0.15) is 9.84 Å². The molecule has 1 rings (SSSR count). The van der Waals surface area contributed by atoms with E-state index in [0.717, 1.165) is 31.7 Å². The molecule has 0 aromatic rings. The van der Waals surface area contributed by atoms with Gasteiger partial charge in [0.2, 0.25) is 0 Å². The monoisotopic (exact) mass is 317 g/mol. The fraction of sp³-hybridized carbons (Fsp3) is 1.00. The molecule has 1 fully saturated rings. The largest absolute Gasteiger partial charge is 0.314 e. The molecule has 1 atom stereocenters. The van der Waals surface area contributed by atoms with Gasteiger partial charge in [-0.15, -0.1) is 0 Å². The molecule has 0 aromatic heterocycles. The van der Waals surface area contributed by atoms with Crippen molar-refractivity contribution in [3.8, 4) is 0 Å². The van der Waals surface area contributed by atoms with E-state index < -0.39 is 9.84 Å². The van der Waals surface area contributed by atoms with Crippen molar-refractivity contribution in [2.75, 3.05) is 18.1 Å². The van der Waals surface area contributed by atoms with Crippen molar-refractivity contribution in [2.24, 2.45) is 11.3 Å². The second kappa shape index (κ2) is 8.52. The number of hydrogen-bond donors (Lipinski definition) is 1. The quantitative estimate of drug-likeness (QED) is 0.704. The van der Waals surface area contributed by atoms with Gasteiger partial charge in [-0.3, -0.25) is 0 Å². The Labute approximate surface area is 132 Å². The van der Waals surface area contributed by atoms with Gasteiger partial charge in [-0.25, -0.2) is 8.42 Å². The van der Waals surface area contributed by atoms with Crippen LogP contribution in [-0.4, -0.2) is 32.5 Å². The summed E-state index contributed by atoms with van der Waals surface area (Å²) in [5.74, 6) is 1.36. The van der Waals surface area contributed by atoms with Crippen molar-refractivity contribution in [1.82, 2.24) is 5.32 Å². The second-order valence-corrected chi connectivity index (χ2v) is 9.91. The Morgan fingerprint density at radius 1 is 1.19 bits per heavy atom. The minimum Gasteiger partial charge on any atom is -0.314 e. The maximum atomic E-state index is 11.6. The van der Waals surface area contributed by atoms with Crippen LogP contribution in [0.1, 0.15) is 72.6 Å². The average Bonchev–Trinajstić information content (AvgIpc) is 2.43. The molecule has 0 amide bonds. The fourth-order valence-corrected chi connectivity index (χ4v) is 4.22. The van der Waals surface area contributed by atoms with Crippen molar-refractivity contribution in [3.63, 3.8) is 0 Å². The van der Waals surface area contributed by atoms with E-state index in [0.29, 0.717) is 17.2 Å². The van der Waals surface area contributed by atoms with E-state index in [1.165, 1.54) is 25.7 Å². The van der Waals surface area contributed by atoms with Crippen LogP contribution in [0.3, 0.4) is 0 Å². The van der Waals surface area contributed by atoms with Crippen LogP contribution in [0.25, 0.3) is 0 Å². The lowest BCUT2D eigenvalue weighted by Gasteiger charge is -2.38. The molecule has 1 saturated carbocycles. The minimum absolute atomic E-state index is 0.275. The van der Waals surface area contributed by atoms with Crippen LogP contribution in [0, 0.1) is 11.3 Å². The Bertz CT molecular complexity index is 380. The van der Waals surface area contributed by atoms with Gasteiger partial charge in [-0.1, -0.05) is 27.7 Å². The third-order valence-electron chi connectivity index (χ3n) is 5.02. The van der Waals surface area contributed by atoms with Crippen LogP contribution in [0.15, 0.2) is 0 Å². The Morgan fingerprint density at radius 2 is 1.81 bits per heavy atom. The van der Waals surface area contributed by atoms with E-state index in [-0.39, 0.29) is 5.75 Å². The van der Waals surface area contributed by atoms with E-state index in [2.05, 4.69) is 26.1 Å². The molecule has 0 bridgehead atoms. The smallest absolute Gasteiger partial charge is 0.150 e. The summed E-state index contributed by atoms with van der Waals surface area (Å²) in [6, 6.07) is 0.508. The van der Waals surface area contributed by atoms with Gasteiger partial charge in [0.25, 0.3) is 0 Å². The zero-order valence-electron chi connectivity index (χ0n) is 14.5. The normalized spacial score (nSPS) is 21.3. The predicted molar refractivity (Wildman–Crippen MR) is 91.4 cm³/mol. The van der Waals surface area contributed by atoms with E-state index in [1.54, 1.807) is 6.92 Å². The van der Waals surface area contributed by atoms with E-state index in [1.807, 2.05) is 0 Å². The SMILES string of the molecule is CCCNC(CCCS(=O)(=O)CC)C1CCC(C)(C)CC1. The van der Waals surface area contributed by atoms with Crippen molar-refractivity contribution >= 4 is 9.84 Å². The summed E-state index contributed by atoms with van der Waals surface area (Å²) in [7, 11) is -2.81. The zero-order valence-corrected chi connectivity index (χ0v) is 15.3. The number of sulfone groups is 1. The lowest BCUT2D eigenvalue weighted by molar-refractivity contribution is 0.157. The van der Waals surface area contributed by atoms with Crippen LogP contribution in [-0.2, 0) is 9.84 Å². The summed E-state index contributed by atoms with van der Waals surface area (Å²) >= 11 is 0. The Hall–Kier alpha value is -0.0900. The Balaban J connectivity index is 2.48.